The van der Waals surface area contributed by atoms with Crippen LogP contribution in [0.15, 0.2) is 0 Å². The van der Waals surface area contributed by atoms with Gasteiger partial charge in [-0.1, -0.05) is 0 Å². The summed E-state index contributed by atoms with van der Waals surface area (Å²) in [6, 6.07) is 0. The molecular weight excluding hydrogens is 143 g/mol. The molecule has 2 heteroatoms. The number of Topliss-reactive ketones (excluding diaryl/α,β-unsaturated/α-hetero) is 1. The van der Waals surface area contributed by atoms with Crippen LogP contribution in [0, 0.1) is 0 Å². The molecule has 0 atom stereocenters. The zero-order valence-corrected chi connectivity index (χ0v) is 7.61. The predicted octanol–water partition coefficient (Wildman–Crippen LogP) is 2.88. The fourth-order valence-corrected chi connectivity index (χ4v) is 0.919. The molecule has 0 radical (unpaired) electrons. The van der Waals surface area contributed by atoms with Crippen molar-refractivity contribution in [1.29, 1.82) is 0 Å². The predicted molar refractivity (Wildman–Crippen MR) is 44.3 cm³/mol. The number of alkyl halides is 1. The first-order valence-electron chi connectivity index (χ1n) is 4.10. The topological polar surface area (TPSA) is 17.1 Å². The third-order valence-electron chi connectivity index (χ3n) is 1.55. The van der Waals surface area contributed by atoms with Crippen molar-refractivity contribution in [3.63, 3.8) is 0 Å². The zero-order chi connectivity index (χ0) is 8.91. The number of hydrogen-bond acceptors (Lipinski definition) is 1. The second-order valence-electron chi connectivity index (χ2n) is 3.63. The van der Waals surface area contributed by atoms with Gasteiger partial charge in [0.2, 0.25) is 0 Å². The Hall–Kier alpha value is -0.400. The summed E-state index contributed by atoms with van der Waals surface area (Å²) >= 11 is 0. The summed E-state index contributed by atoms with van der Waals surface area (Å²) < 4.78 is 12.8. The van der Waals surface area contributed by atoms with Gasteiger partial charge in [0.05, 0.1) is 0 Å². The van der Waals surface area contributed by atoms with E-state index in [2.05, 4.69) is 0 Å². The number of unbranched alkanes of at least 4 members (excludes halogenated alkanes) is 1. The molecule has 0 aliphatic rings. The molecule has 0 N–H and O–H groups in total. The second-order valence-corrected chi connectivity index (χ2v) is 3.63. The minimum absolute atomic E-state index is 0.196. The van der Waals surface area contributed by atoms with Crippen LogP contribution in [0.2, 0.25) is 0 Å². The fraction of sp³-hybridized carbons (Fsp3) is 0.889. The molecule has 0 unspecified atom stereocenters. The van der Waals surface area contributed by atoms with Crippen LogP contribution in [0.4, 0.5) is 4.39 Å². The first-order chi connectivity index (χ1) is 4.92. The molecule has 0 aliphatic carbocycles. The molecule has 0 aromatic carbocycles. The van der Waals surface area contributed by atoms with Crippen LogP contribution in [0.1, 0.15) is 46.5 Å². The lowest BCUT2D eigenvalue weighted by Gasteiger charge is -2.12. The lowest BCUT2D eigenvalue weighted by atomic mass is 10.0. The SMILES string of the molecule is CC(=O)CCCCC(C)(C)F. The highest BCUT2D eigenvalue weighted by molar-refractivity contribution is 5.75. The maximum atomic E-state index is 12.8. The molecule has 0 amide bonds. The maximum Gasteiger partial charge on any atom is 0.129 e. The lowest BCUT2D eigenvalue weighted by molar-refractivity contribution is -0.117. The van der Waals surface area contributed by atoms with Crippen LogP contribution in [-0.2, 0) is 4.79 Å². The first-order valence-corrected chi connectivity index (χ1v) is 4.10. The van der Waals surface area contributed by atoms with E-state index < -0.39 is 5.67 Å². The summed E-state index contributed by atoms with van der Waals surface area (Å²) in [5.41, 5.74) is -1.07. The number of carbonyl (C=O) groups excluding carboxylic acids is 1. The molecule has 0 aliphatic heterocycles. The number of ketones is 1. The molecule has 1 nitrogen and oxygen atoms in total. The van der Waals surface area contributed by atoms with Gasteiger partial charge in [0, 0.05) is 6.42 Å². The van der Waals surface area contributed by atoms with Crippen LogP contribution >= 0.6 is 0 Å². The fourth-order valence-electron chi connectivity index (χ4n) is 0.919. The van der Waals surface area contributed by atoms with E-state index in [9.17, 15) is 9.18 Å². The molecule has 0 fully saturated rings. The summed E-state index contributed by atoms with van der Waals surface area (Å²) in [5.74, 6) is 0.196. The van der Waals surface area contributed by atoms with Gasteiger partial charge in [-0.15, -0.1) is 0 Å². The van der Waals surface area contributed by atoms with E-state index in [0.29, 0.717) is 12.8 Å². The zero-order valence-electron chi connectivity index (χ0n) is 7.61. The molecule has 0 aromatic heterocycles. The monoisotopic (exact) mass is 160 g/mol. The van der Waals surface area contributed by atoms with Gasteiger partial charge in [0.1, 0.15) is 11.5 Å². The molecular formula is C9H17FO. The van der Waals surface area contributed by atoms with Crippen molar-refractivity contribution >= 4 is 5.78 Å². The highest BCUT2D eigenvalue weighted by Crippen LogP contribution is 2.17. The smallest absolute Gasteiger partial charge is 0.129 e. The average Bonchev–Trinajstić information content (AvgIpc) is 1.78. The van der Waals surface area contributed by atoms with Crippen molar-refractivity contribution < 1.29 is 9.18 Å². The molecule has 66 valence electrons. The van der Waals surface area contributed by atoms with Gasteiger partial charge in [0.15, 0.2) is 0 Å². The summed E-state index contributed by atoms with van der Waals surface area (Å²) in [4.78, 5) is 10.5. The summed E-state index contributed by atoms with van der Waals surface area (Å²) in [6.45, 7) is 4.71. The number of hydrogen-bond donors (Lipinski definition) is 0. The lowest BCUT2D eigenvalue weighted by Crippen LogP contribution is -2.10. The molecule has 11 heavy (non-hydrogen) atoms. The van der Waals surface area contributed by atoms with E-state index in [0.717, 1.165) is 12.8 Å². The van der Waals surface area contributed by atoms with Crippen molar-refractivity contribution in [2.24, 2.45) is 0 Å². The van der Waals surface area contributed by atoms with Crippen LogP contribution < -0.4 is 0 Å². The normalized spacial score (nSPS) is 11.6. The van der Waals surface area contributed by atoms with Gasteiger partial charge < -0.3 is 4.79 Å². The van der Waals surface area contributed by atoms with Crippen LogP contribution in [0.3, 0.4) is 0 Å². The van der Waals surface area contributed by atoms with Crippen molar-refractivity contribution in [1.82, 2.24) is 0 Å². The average molecular weight is 160 g/mol. The van der Waals surface area contributed by atoms with Gasteiger partial charge in [-0.3, -0.25) is 0 Å². The first kappa shape index (κ1) is 10.6. The highest BCUT2D eigenvalue weighted by atomic mass is 19.1. The Kier molecular flexibility index (Phi) is 4.31. The number of halogens is 1. The molecule has 0 bridgehead atoms. The van der Waals surface area contributed by atoms with Crippen molar-refractivity contribution in [2.75, 3.05) is 0 Å². The van der Waals surface area contributed by atoms with Gasteiger partial charge in [-0.25, -0.2) is 4.39 Å². The Morgan fingerprint density at radius 1 is 1.36 bits per heavy atom. The highest BCUT2D eigenvalue weighted by Gasteiger charge is 2.13. The Bertz CT molecular complexity index is 124. The molecule has 0 heterocycles. The van der Waals surface area contributed by atoms with E-state index in [1.54, 1.807) is 20.8 Å². The summed E-state index contributed by atoms with van der Waals surface area (Å²) in [5, 5.41) is 0. The minimum atomic E-state index is -1.07. The van der Waals surface area contributed by atoms with E-state index in [4.69, 9.17) is 0 Å². The molecule has 0 saturated heterocycles. The maximum absolute atomic E-state index is 12.8. The quantitative estimate of drug-likeness (QED) is 0.565. The van der Waals surface area contributed by atoms with Crippen molar-refractivity contribution in [2.45, 2.75) is 52.1 Å². The second kappa shape index (κ2) is 4.47. The van der Waals surface area contributed by atoms with Gasteiger partial charge in [0.25, 0.3) is 0 Å². The minimum Gasteiger partial charge on any atom is -0.300 e. The third-order valence-corrected chi connectivity index (χ3v) is 1.55. The Morgan fingerprint density at radius 3 is 2.27 bits per heavy atom. The van der Waals surface area contributed by atoms with Crippen LogP contribution in [0.5, 0.6) is 0 Å². The van der Waals surface area contributed by atoms with E-state index in [1.165, 1.54) is 0 Å². The van der Waals surface area contributed by atoms with Gasteiger partial charge in [-0.2, -0.15) is 0 Å². The van der Waals surface area contributed by atoms with Crippen molar-refractivity contribution in [3.05, 3.63) is 0 Å². The Morgan fingerprint density at radius 2 is 1.91 bits per heavy atom. The van der Waals surface area contributed by atoms with Gasteiger partial charge in [-0.05, 0) is 40.0 Å². The van der Waals surface area contributed by atoms with Crippen LogP contribution in [0.25, 0.3) is 0 Å². The van der Waals surface area contributed by atoms with Crippen LogP contribution in [-0.4, -0.2) is 11.5 Å². The Balaban J connectivity index is 3.22. The molecule has 0 rings (SSSR count). The van der Waals surface area contributed by atoms with E-state index >= 15 is 0 Å². The van der Waals surface area contributed by atoms with Gasteiger partial charge >= 0.3 is 0 Å². The Labute approximate surface area is 68.0 Å². The molecule has 0 saturated carbocycles. The van der Waals surface area contributed by atoms with E-state index in [-0.39, 0.29) is 5.78 Å². The number of rotatable bonds is 5. The standard InChI is InChI=1S/C9H17FO/c1-8(11)6-4-5-7-9(2,3)10/h4-7H2,1-3H3. The molecule has 0 aromatic rings. The third kappa shape index (κ3) is 9.60. The molecule has 0 spiro atoms. The van der Waals surface area contributed by atoms with Crippen molar-refractivity contribution in [3.8, 4) is 0 Å². The summed E-state index contributed by atoms with van der Waals surface area (Å²) in [7, 11) is 0. The largest absolute Gasteiger partial charge is 0.300 e. The summed E-state index contributed by atoms with van der Waals surface area (Å²) in [6.07, 6.45) is 2.78. The number of carbonyl (C=O) groups is 1. The van der Waals surface area contributed by atoms with E-state index in [1.807, 2.05) is 0 Å².